The molecule has 5 nitrogen and oxygen atoms in total. The quantitative estimate of drug-likeness (QED) is 0.388. The fraction of sp³-hybridized carbons (Fsp3) is 0.462. The lowest BCUT2D eigenvalue weighted by molar-refractivity contribution is -0.137. The van der Waals surface area contributed by atoms with Gasteiger partial charge in [0.25, 0.3) is 0 Å². The van der Waals surface area contributed by atoms with Crippen molar-refractivity contribution >= 4 is 22.7 Å². The second-order valence-corrected chi connectivity index (χ2v) is 9.48. The molecule has 1 saturated carbocycles. The third-order valence-electron chi connectivity index (χ3n) is 6.64. The van der Waals surface area contributed by atoms with Gasteiger partial charge in [-0.2, -0.15) is 18.2 Å². The summed E-state index contributed by atoms with van der Waals surface area (Å²) < 4.78 is 52.6. The largest absolute Gasteiger partial charge is 0.416 e. The lowest BCUT2D eigenvalue weighted by atomic mass is 9.82. The number of halogens is 4. The van der Waals surface area contributed by atoms with Crippen LogP contribution in [0.4, 0.5) is 29.3 Å². The molecule has 1 aromatic heterocycles. The van der Waals surface area contributed by atoms with Crippen LogP contribution in [0.2, 0.25) is 0 Å². The number of nitrogens with one attached hydrogen (secondary N) is 2. The van der Waals surface area contributed by atoms with Crippen LogP contribution in [0.1, 0.15) is 36.8 Å². The molecule has 0 aliphatic heterocycles. The van der Waals surface area contributed by atoms with Crippen molar-refractivity contribution in [2.24, 2.45) is 11.8 Å². The van der Waals surface area contributed by atoms with Gasteiger partial charge in [0.1, 0.15) is 11.6 Å². The Bertz CT molecular complexity index is 1140. The number of hydrogen-bond donors (Lipinski definition) is 2. The summed E-state index contributed by atoms with van der Waals surface area (Å²) in [7, 11) is 3.94. The van der Waals surface area contributed by atoms with Gasteiger partial charge in [0.2, 0.25) is 5.95 Å². The van der Waals surface area contributed by atoms with Crippen molar-refractivity contribution in [2.75, 3.05) is 37.4 Å². The highest BCUT2D eigenvalue weighted by Crippen LogP contribution is 2.31. The van der Waals surface area contributed by atoms with E-state index in [0.717, 1.165) is 67.1 Å². The van der Waals surface area contributed by atoms with Crippen LogP contribution >= 0.6 is 0 Å². The van der Waals surface area contributed by atoms with E-state index >= 15 is 0 Å². The highest BCUT2D eigenvalue weighted by molar-refractivity contribution is 5.90. The first-order valence-corrected chi connectivity index (χ1v) is 11.9. The second kappa shape index (κ2) is 10.8. The average molecular weight is 490 g/mol. The van der Waals surface area contributed by atoms with Gasteiger partial charge in [0.15, 0.2) is 0 Å². The van der Waals surface area contributed by atoms with Crippen molar-refractivity contribution in [2.45, 2.75) is 38.4 Å². The number of para-hydroxylation sites is 1. The van der Waals surface area contributed by atoms with Crippen molar-refractivity contribution in [3.05, 3.63) is 59.4 Å². The predicted molar refractivity (Wildman–Crippen MR) is 131 cm³/mol. The Balaban J connectivity index is 1.24. The molecule has 1 aliphatic rings. The summed E-state index contributed by atoms with van der Waals surface area (Å²) in [5.41, 5.74) is 0.127. The molecule has 4 rings (SSSR count). The van der Waals surface area contributed by atoms with Gasteiger partial charge in [-0.25, -0.2) is 9.37 Å². The number of fused-ring (bicyclic) bond motifs is 1. The Labute approximate surface area is 203 Å². The minimum atomic E-state index is -4.47. The smallest absolute Gasteiger partial charge is 0.362 e. The summed E-state index contributed by atoms with van der Waals surface area (Å²) in [6.07, 6.45) is -0.338. The van der Waals surface area contributed by atoms with Crippen LogP contribution in [0.3, 0.4) is 0 Å². The van der Waals surface area contributed by atoms with Crippen LogP contribution in [0, 0.1) is 17.7 Å². The Hall–Kier alpha value is -2.94. The molecule has 188 valence electrons. The molecule has 2 aromatic carbocycles. The maximum atomic E-state index is 13.9. The van der Waals surface area contributed by atoms with Crippen LogP contribution in [-0.4, -0.2) is 37.2 Å². The van der Waals surface area contributed by atoms with Gasteiger partial charge in [-0.15, -0.1) is 0 Å². The molecule has 35 heavy (non-hydrogen) atoms. The third-order valence-corrected chi connectivity index (χ3v) is 6.64. The number of alkyl halides is 3. The molecule has 0 radical (unpaired) electrons. The standard InChI is InChI=1S/C26H31F4N5/c1-35(2)24-21-5-3-4-6-23(21)33-25(34-24)32-15-18-9-7-17(8-10-18)14-31-16-19-13-20(26(28,29)30)11-12-22(19)27/h3-6,11-13,17-18,31H,7-10,14-16H2,1-2H3,(H,32,33,34). The van der Waals surface area contributed by atoms with E-state index in [1.807, 2.05) is 43.3 Å². The molecule has 0 bridgehead atoms. The minimum Gasteiger partial charge on any atom is -0.362 e. The molecule has 0 amide bonds. The third kappa shape index (κ3) is 6.39. The summed E-state index contributed by atoms with van der Waals surface area (Å²) in [6.45, 7) is 1.54. The number of hydrogen-bond acceptors (Lipinski definition) is 5. The fourth-order valence-electron chi connectivity index (χ4n) is 4.65. The Morgan fingerprint density at radius 2 is 1.63 bits per heavy atom. The molecular formula is C26H31F4N5. The van der Waals surface area contributed by atoms with E-state index in [2.05, 4.69) is 15.6 Å². The minimum absolute atomic E-state index is 0.0465. The summed E-state index contributed by atoms with van der Waals surface area (Å²) in [6, 6.07) is 10.5. The summed E-state index contributed by atoms with van der Waals surface area (Å²) in [5.74, 6) is 1.82. The molecule has 0 spiro atoms. The average Bonchev–Trinajstić information content (AvgIpc) is 2.83. The Kier molecular flexibility index (Phi) is 7.74. The van der Waals surface area contributed by atoms with Gasteiger partial charge in [-0.1, -0.05) is 12.1 Å². The topological polar surface area (TPSA) is 53.1 Å². The highest BCUT2D eigenvalue weighted by Gasteiger charge is 2.31. The molecule has 9 heteroatoms. The number of anilines is 2. The van der Waals surface area contributed by atoms with E-state index in [1.54, 1.807) is 0 Å². The van der Waals surface area contributed by atoms with Crippen molar-refractivity contribution in [3.63, 3.8) is 0 Å². The molecule has 0 unspecified atom stereocenters. The van der Waals surface area contributed by atoms with E-state index < -0.39 is 17.6 Å². The molecular weight excluding hydrogens is 458 g/mol. The van der Waals surface area contributed by atoms with Crippen molar-refractivity contribution < 1.29 is 17.6 Å². The lowest BCUT2D eigenvalue weighted by Gasteiger charge is -2.29. The SMILES string of the molecule is CN(C)c1nc(NCC2CCC(CNCc3cc(C(F)(F)F)ccc3F)CC2)nc2ccccc12. The summed E-state index contributed by atoms with van der Waals surface area (Å²) in [4.78, 5) is 11.3. The van der Waals surface area contributed by atoms with E-state index in [1.165, 1.54) is 0 Å². The maximum Gasteiger partial charge on any atom is 0.416 e. The van der Waals surface area contributed by atoms with E-state index in [-0.39, 0.29) is 12.1 Å². The van der Waals surface area contributed by atoms with Crippen LogP contribution < -0.4 is 15.5 Å². The molecule has 1 heterocycles. The first kappa shape index (κ1) is 25.2. The van der Waals surface area contributed by atoms with Crippen LogP contribution in [0.25, 0.3) is 10.9 Å². The summed E-state index contributed by atoms with van der Waals surface area (Å²) >= 11 is 0. The second-order valence-electron chi connectivity index (χ2n) is 9.48. The summed E-state index contributed by atoms with van der Waals surface area (Å²) in [5, 5.41) is 7.57. The van der Waals surface area contributed by atoms with Crippen LogP contribution in [-0.2, 0) is 12.7 Å². The van der Waals surface area contributed by atoms with Crippen molar-refractivity contribution in [1.82, 2.24) is 15.3 Å². The number of rotatable bonds is 8. The van der Waals surface area contributed by atoms with Gasteiger partial charge in [0, 0.05) is 38.1 Å². The monoisotopic (exact) mass is 489 g/mol. The van der Waals surface area contributed by atoms with Crippen molar-refractivity contribution in [3.8, 4) is 0 Å². The Morgan fingerprint density at radius 1 is 0.943 bits per heavy atom. The molecule has 0 saturated heterocycles. The first-order chi connectivity index (χ1) is 16.7. The van der Waals surface area contributed by atoms with E-state index in [9.17, 15) is 17.6 Å². The van der Waals surface area contributed by atoms with Gasteiger partial charge < -0.3 is 15.5 Å². The van der Waals surface area contributed by atoms with Gasteiger partial charge in [0.05, 0.1) is 11.1 Å². The van der Waals surface area contributed by atoms with Gasteiger partial charge in [-0.3, -0.25) is 0 Å². The predicted octanol–water partition coefficient (Wildman–Crippen LogP) is 5.86. The number of nitrogens with zero attached hydrogens (tertiary/aromatic N) is 3. The Morgan fingerprint density at radius 3 is 2.31 bits per heavy atom. The van der Waals surface area contributed by atoms with Gasteiger partial charge in [-0.05, 0) is 74.4 Å². The van der Waals surface area contributed by atoms with Crippen LogP contribution in [0.5, 0.6) is 0 Å². The van der Waals surface area contributed by atoms with E-state index in [0.29, 0.717) is 24.3 Å². The zero-order valence-electron chi connectivity index (χ0n) is 20.0. The van der Waals surface area contributed by atoms with Crippen LogP contribution in [0.15, 0.2) is 42.5 Å². The van der Waals surface area contributed by atoms with Gasteiger partial charge >= 0.3 is 6.18 Å². The number of aromatic nitrogens is 2. The molecule has 2 N–H and O–H groups in total. The normalized spacial score (nSPS) is 18.6. The van der Waals surface area contributed by atoms with Crippen molar-refractivity contribution in [1.29, 1.82) is 0 Å². The molecule has 1 aliphatic carbocycles. The molecule has 3 aromatic rings. The first-order valence-electron chi connectivity index (χ1n) is 11.9. The maximum absolute atomic E-state index is 13.9. The lowest BCUT2D eigenvalue weighted by Crippen LogP contribution is -2.28. The highest BCUT2D eigenvalue weighted by atomic mass is 19.4. The fourth-order valence-corrected chi connectivity index (χ4v) is 4.65. The molecule has 0 atom stereocenters. The van der Waals surface area contributed by atoms with E-state index in [4.69, 9.17) is 4.98 Å². The zero-order valence-corrected chi connectivity index (χ0v) is 20.0. The number of benzene rings is 2. The zero-order chi connectivity index (χ0) is 25.0. The molecule has 1 fully saturated rings.